The Morgan fingerprint density at radius 1 is 1.24 bits per heavy atom. The number of piperazine rings is 1. The van der Waals surface area contributed by atoms with Crippen LogP contribution in [0.4, 0.5) is 11.4 Å². The Kier molecular flexibility index (Phi) is 3.79. The average Bonchev–Trinajstić information content (AvgIpc) is 2.34. The lowest BCUT2D eigenvalue weighted by Gasteiger charge is -2.36. The molecule has 1 fully saturated rings. The predicted molar refractivity (Wildman–Crippen MR) is 74.9 cm³/mol. The Balaban J connectivity index is 2.16. The Bertz CT molecular complexity index is 398. The zero-order chi connectivity index (χ0) is 12.4. The molecule has 0 unspecified atom stereocenters. The van der Waals surface area contributed by atoms with Crippen LogP contribution in [0.25, 0.3) is 0 Å². The van der Waals surface area contributed by atoms with E-state index in [1.807, 2.05) is 12.1 Å². The minimum atomic E-state index is 0.656. The van der Waals surface area contributed by atoms with Crippen LogP contribution in [-0.2, 0) is 0 Å². The van der Waals surface area contributed by atoms with Crippen LogP contribution < -0.4 is 10.6 Å². The van der Waals surface area contributed by atoms with E-state index < -0.39 is 0 Å². The number of hydrogen-bond donors (Lipinski definition) is 1. The summed E-state index contributed by atoms with van der Waals surface area (Å²) in [6.45, 7) is 9.81. The van der Waals surface area contributed by atoms with Gasteiger partial charge in [-0.3, -0.25) is 0 Å². The lowest BCUT2D eigenvalue weighted by Crippen LogP contribution is -2.46. The molecule has 2 rings (SSSR count). The van der Waals surface area contributed by atoms with Crippen LogP contribution >= 0.6 is 11.6 Å². The van der Waals surface area contributed by atoms with E-state index in [-0.39, 0.29) is 0 Å². The van der Waals surface area contributed by atoms with Crippen LogP contribution in [-0.4, -0.2) is 37.6 Å². The summed E-state index contributed by atoms with van der Waals surface area (Å²) in [5.74, 6) is 0. The summed E-state index contributed by atoms with van der Waals surface area (Å²) >= 11 is 6.10. The fourth-order valence-corrected chi connectivity index (χ4v) is 2.50. The minimum absolute atomic E-state index is 0.656. The van der Waals surface area contributed by atoms with Gasteiger partial charge in [0.2, 0.25) is 0 Å². The van der Waals surface area contributed by atoms with E-state index in [9.17, 15) is 0 Å². The molecule has 1 aromatic carbocycles. The summed E-state index contributed by atoms with van der Waals surface area (Å²) < 4.78 is 0. The number of benzene rings is 1. The summed E-state index contributed by atoms with van der Waals surface area (Å²) in [4.78, 5) is 4.86. The van der Waals surface area contributed by atoms with Gasteiger partial charge in [0.05, 0.1) is 10.7 Å². The van der Waals surface area contributed by atoms with Crippen LogP contribution in [0.5, 0.6) is 0 Å². The van der Waals surface area contributed by atoms with Crippen molar-refractivity contribution in [3.05, 3.63) is 22.7 Å². The molecule has 1 heterocycles. The van der Waals surface area contributed by atoms with Crippen molar-refractivity contribution in [1.29, 1.82) is 0 Å². The zero-order valence-electron chi connectivity index (χ0n) is 10.5. The molecule has 0 amide bonds. The average molecular weight is 254 g/mol. The van der Waals surface area contributed by atoms with Gasteiger partial charge >= 0.3 is 0 Å². The number of likely N-dealkylation sites (N-methyl/N-ethyl adjacent to an activating group) is 1. The lowest BCUT2D eigenvalue weighted by molar-refractivity contribution is 0.271. The highest BCUT2D eigenvalue weighted by Gasteiger charge is 2.17. The highest BCUT2D eigenvalue weighted by atomic mass is 35.5. The largest absolute Gasteiger partial charge is 0.398 e. The second-order valence-electron chi connectivity index (χ2n) is 4.58. The van der Waals surface area contributed by atoms with E-state index in [2.05, 4.69) is 23.6 Å². The molecule has 0 saturated carbocycles. The van der Waals surface area contributed by atoms with E-state index in [4.69, 9.17) is 17.3 Å². The van der Waals surface area contributed by atoms with Crippen molar-refractivity contribution in [2.75, 3.05) is 43.4 Å². The lowest BCUT2D eigenvalue weighted by atomic mass is 10.1. The SMILES string of the molecule is CCN1CCN(c2cc(Cl)c(N)cc2C)CC1. The van der Waals surface area contributed by atoms with Gasteiger partial charge < -0.3 is 15.5 Å². The molecule has 0 bridgehead atoms. The Labute approximate surface area is 108 Å². The van der Waals surface area contributed by atoms with Gasteiger partial charge in [0.1, 0.15) is 0 Å². The van der Waals surface area contributed by atoms with Crippen molar-refractivity contribution in [3.63, 3.8) is 0 Å². The number of hydrogen-bond acceptors (Lipinski definition) is 3. The van der Waals surface area contributed by atoms with Crippen LogP contribution in [0.15, 0.2) is 12.1 Å². The molecule has 1 aliphatic rings. The third-order valence-corrected chi connectivity index (χ3v) is 3.80. The van der Waals surface area contributed by atoms with Crippen LogP contribution in [0.3, 0.4) is 0 Å². The maximum absolute atomic E-state index is 6.10. The molecule has 0 radical (unpaired) electrons. The summed E-state index contributed by atoms with van der Waals surface area (Å²) in [7, 11) is 0. The van der Waals surface area contributed by atoms with Crippen molar-refractivity contribution >= 4 is 23.0 Å². The van der Waals surface area contributed by atoms with Crippen molar-refractivity contribution in [1.82, 2.24) is 4.90 Å². The van der Waals surface area contributed by atoms with E-state index in [1.165, 1.54) is 11.3 Å². The second kappa shape index (κ2) is 5.15. The standard InChI is InChI=1S/C13H20ClN3/c1-3-16-4-6-17(7-5-16)13-9-11(14)12(15)8-10(13)2/h8-9H,3-7,15H2,1-2H3. The first-order chi connectivity index (χ1) is 8.11. The number of halogens is 1. The maximum atomic E-state index is 6.10. The molecular formula is C13H20ClN3. The third kappa shape index (κ3) is 2.67. The minimum Gasteiger partial charge on any atom is -0.398 e. The molecule has 3 nitrogen and oxygen atoms in total. The van der Waals surface area contributed by atoms with Crippen LogP contribution in [0.1, 0.15) is 12.5 Å². The van der Waals surface area contributed by atoms with E-state index >= 15 is 0 Å². The summed E-state index contributed by atoms with van der Waals surface area (Å²) in [5, 5.41) is 0.656. The molecule has 17 heavy (non-hydrogen) atoms. The second-order valence-corrected chi connectivity index (χ2v) is 4.99. The van der Waals surface area contributed by atoms with E-state index in [0.29, 0.717) is 10.7 Å². The Morgan fingerprint density at radius 2 is 1.88 bits per heavy atom. The normalized spacial score (nSPS) is 17.5. The molecular weight excluding hydrogens is 234 g/mol. The summed E-state index contributed by atoms with van der Waals surface area (Å²) in [6, 6.07) is 3.96. The molecule has 1 aliphatic heterocycles. The first kappa shape index (κ1) is 12.5. The fourth-order valence-electron chi connectivity index (χ4n) is 2.34. The molecule has 0 atom stereocenters. The van der Waals surface area contributed by atoms with E-state index in [1.54, 1.807) is 0 Å². The zero-order valence-corrected chi connectivity index (χ0v) is 11.3. The summed E-state index contributed by atoms with van der Waals surface area (Å²) in [6.07, 6.45) is 0. The van der Waals surface area contributed by atoms with Crippen LogP contribution in [0, 0.1) is 6.92 Å². The van der Waals surface area contributed by atoms with Gasteiger partial charge in [0.15, 0.2) is 0 Å². The number of nitrogen functional groups attached to an aromatic ring is 1. The van der Waals surface area contributed by atoms with Gasteiger partial charge in [-0.15, -0.1) is 0 Å². The van der Waals surface area contributed by atoms with Gasteiger partial charge in [-0.05, 0) is 31.2 Å². The quantitative estimate of drug-likeness (QED) is 0.822. The van der Waals surface area contributed by atoms with Gasteiger partial charge in [-0.25, -0.2) is 0 Å². The van der Waals surface area contributed by atoms with Gasteiger partial charge in [0, 0.05) is 31.9 Å². The monoisotopic (exact) mass is 253 g/mol. The Hall–Kier alpha value is -0.930. The van der Waals surface area contributed by atoms with Gasteiger partial charge in [-0.1, -0.05) is 18.5 Å². The van der Waals surface area contributed by atoms with Crippen molar-refractivity contribution in [2.45, 2.75) is 13.8 Å². The van der Waals surface area contributed by atoms with Crippen molar-refractivity contribution in [2.24, 2.45) is 0 Å². The summed E-state index contributed by atoms with van der Waals surface area (Å²) in [5.41, 5.74) is 8.90. The van der Waals surface area contributed by atoms with Gasteiger partial charge in [-0.2, -0.15) is 0 Å². The first-order valence-corrected chi connectivity index (χ1v) is 6.52. The molecule has 1 aromatic rings. The highest BCUT2D eigenvalue weighted by Crippen LogP contribution is 2.29. The van der Waals surface area contributed by atoms with Gasteiger partial charge in [0.25, 0.3) is 0 Å². The van der Waals surface area contributed by atoms with Crippen molar-refractivity contribution in [3.8, 4) is 0 Å². The third-order valence-electron chi connectivity index (χ3n) is 3.48. The first-order valence-electron chi connectivity index (χ1n) is 6.14. The fraction of sp³-hybridized carbons (Fsp3) is 0.538. The smallest absolute Gasteiger partial charge is 0.0656 e. The number of rotatable bonds is 2. The highest BCUT2D eigenvalue weighted by molar-refractivity contribution is 6.33. The maximum Gasteiger partial charge on any atom is 0.0656 e. The molecule has 0 aromatic heterocycles. The predicted octanol–water partition coefficient (Wildman–Crippen LogP) is 2.37. The molecule has 4 heteroatoms. The molecule has 94 valence electrons. The van der Waals surface area contributed by atoms with Crippen LogP contribution in [0.2, 0.25) is 5.02 Å². The number of anilines is 2. The molecule has 1 saturated heterocycles. The number of nitrogens with zero attached hydrogens (tertiary/aromatic N) is 2. The molecule has 0 spiro atoms. The molecule has 0 aliphatic carbocycles. The number of nitrogens with two attached hydrogens (primary N) is 1. The van der Waals surface area contributed by atoms with E-state index in [0.717, 1.165) is 32.7 Å². The number of aryl methyl sites for hydroxylation is 1. The Morgan fingerprint density at radius 3 is 2.47 bits per heavy atom. The topological polar surface area (TPSA) is 32.5 Å². The molecule has 2 N–H and O–H groups in total. The van der Waals surface area contributed by atoms with Crippen molar-refractivity contribution < 1.29 is 0 Å².